The minimum Gasteiger partial charge on any atom is -0.492 e. The fraction of sp³-hybridized carbons (Fsp3) is 0.227. The Balaban J connectivity index is 1.85. The molecular weight excluding hydrogens is 372 g/mol. The number of fused-ring (bicyclic) bond motifs is 2. The monoisotopic (exact) mass is 392 g/mol. The molecule has 0 bridgehead atoms. The van der Waals surface area contributed by atoms with E-state index in [1.807, 2.05) is 31.2 Å². The Kier molecular flexibility index (Phi) is 4.80. The Morgan fingerprint density at radius 2 is 2.10 bits per heavy atom. The van der Waals surface area contributed by atoms with Gasteiger partial charge in [-0.1, -0.05) is 12.1 Å². The highest BCUT2D eigenvalue weighted by atomic mass is 16.5. The van der Waals surface area contributed by atoms with Crippen molar-refractivity contribution >= 4 is 23.3 Å². The van der Waals surface area contributed by atoms with Crippen LogP contribution in [0.15, 0.2) is 41.3 Å². The van der Waals surface area contributed by atoms with Gasteiger partial charge in [-0.2, -0.15) is 0 Å². The van der Waals surface area contributed by atoms with Crippen LogP contribution in [0.2, 0.25) is 0 Å². The van der Waals surface area contributed by atoms with Crippen LogP contribution < -0.4 is 15.0 Å². The number of allylic oxidation sites excluding steroid dienone is 1. The number of hydrogen-bond donors (Lipinski definition) is 1. The molecule has 2 heterocycles. The lowest BCUT2D eigenvalue weighted by atomic mass is 10.1. The van der Waals surface area contributed by atoms with Crippen LogP contribution in [0.3, 0.4) is 0 Å². The molecule has 0 saturated carbocycles. The summed E-state index contributed by atoms with van der Waals surface area (Å²) in [6, 6.07) is 8.68. The number of benzene rings is 1. The summed E-state index contributed by atoms with van der Waals surface area (Å²) >= 11 is 0. The molecule has 1 N–H and O–H groups in total. The highest BCUT2D eigenvalue weighted by molar-refractivity contribution is 5.88. The molecule has 1 aromatic carbocycles. The van der Waals surface area contributed by atoms with Crippen molar-refractivity contribution in [1.82, 2.24) is 9.38 Å². The summed E-state index contributed by atoms with van der Waals surface area (Å²) in [6.07, 6.45) is 4.52. The smallest absolute Gasteiger partial charge is 0.337 e. The second kappa shape index (κ2) is 7.43. The SMILES string of the molecule is CCOc1cccc(C=C2CCc3c2nc2ccc(C(=O)O)cn2c3=O)c1OC. The van der Waals surface area contributed by atoms with Gasteiger partial charge in [0, 0.05) is 17.3 Å². The summed E-state index contributed by atoms with van der Waals surface area (Å²) in [4.78, 5) is 28.8. The average molecular weight is 392 g/mol. The van der Waals surface area contributed by atoms with Gasteiger partial charge in [0.15, 0.2) is 11.5 Å². The van der Waals surface area contributed by atoms with E-state index in [2.05, 4.69) is 4.98 Å². The van der Waals surface area contributed by atoms with E-state index in [1.165, 1.54) is 16.7 Å². The number of carboxylic acid groups (broad SMARTS) is 1. The standard InChI is InChI=1S/C22H20N2O5/c1-3-29-17-6-4-5-14(20(17)28-2)11-13-7-9-16-19(13)23-18-10-8-15(22(26)27)12-24(18)21(16)25/h4-6,8,10-12H,3,7,9H2,1-2H3,(H,26,27). The maximum atomic E-state index is 12.9. The van der Waals surface area contributed by atoms with E-state index < -0.39 is 5.97 Å². The molecule has 148 valence electrons. The molecule has 0 unspecified atom stereocenters. The molecule has 3 aromatic rings. The number of hydrogen-bond acceptors (Lipinski definition) is 5. The van der Waals surface area contributed by atoms with Crippen molar-refractivity contribution in [1.29, 1.82) is 0 Å². The highest BCUT2D eigenvalue weighted by Gasteiger charge is 2.24. The fourth-order valence-electron chi connectivity index (χ4n) is 3.63. The van der Waals surface area contributed by atoms with Crippen LogP contribution in [0.1, 0.15) is 40.5 Å². The predicted molar refractivity (Wildman–Crippen MR) is 109 cm³/mol. The van der Waals surface area contributed by atoms with Crippen LogP contribution >= 0.6 is 0 Å². The lowest BCUT2D eigenvalue weighted by Crippen LogP contribution is -2.20. The normalized spacial score (nSPS) is 14.2. The number of ether oxygens (including phenoxy) is 2. The van der Waals surface area contributed by atoms with Crippen molar-refractivity contribution in [2.75, 3.05) is 13.7 Å². The van der Waals surface area contributed by atoms with E-state index in [4.69, 9.17) is 9.47 Å². The van der Waals surface area contributed by atoms with Crippen molar-refractivity contribution in [2.45, 2.75) is 19.8 Å². The molecule has 0 atom stereocenters. The zero-order chi connectivity index (χ0) is 20.5. The lowest BCUT2D eigenvalue weighted by molar-refractivity contribution is 0.0696. The zero-order valence-electron chi connectivity index (χ0n) is 16.1. The Morgan fingerprint density at radius 1 is 1.28 bits per heavy atom. The second-order valence-corrected chi connectivity index (χ2v) is 6.68. The number of para-hydroxylation sites is 1. The highest BCUT2D eigenvalue weighted by Crippen LogP contribution is 2.36. The van der Waals surface area contributed by atoms with E-state index >= 15 is 0 Å². The Labute approximate surface area is 166 Å². The van der Waals surface area contributed by atoms with E-state index in [0.29, 0.717) is 47.9 Å². The summed E-state index contributed by atoms with van der Waals surface area (Å²) in [6.45, 7) is 2.44. The Bertz CT molecular complexity index is 1210. The molecule has 1 aliphatic rings. The third-order valence-electron chi connectivity index (χ3n) is 4.95. The molecule has 0 saturated heterocycles. The predicted octanol–water partition coefficient (Wildman–Crippen LogP) is 3.29. The molecule has 0 spiro atoms. The minimum absolute atomic E-state index is 0.0487. The van der Waals surface area contributed by atoms with Gasteiger partial charge in [-0.15, -0.1) is 0 Å². The molecule has 7 heteroatoms. The Morgan fingerprint density at radius 3 is 2.83 bits per heavy atom. The minimum atomic E-state index is -1.08. The second-order valence-electron chi connectivity index (χ2n) is 6.68. The van der Waals surface area contributed by atoms with Crippen LogP contribution in [0.25, 0.3) is 17.3 Å². The van der Waals surface area contributed by atoms with Gasteiger partial charge in [0.25, 0.3) is 5.56 Å². The lowest BCUT2D eigenvalue weighted by Gasteiger charge is -2.12. The number of methoxy groups -OCH3 is 1. The van der Waals surface area contributed by atoms with Crippen LogP contribution in [0.4, 0.5) is 0 Å². The quantitative estimate of drug-likeness (QED) is 0.717. The summed E-state index contributed by atoms with van der Waals surface area (Å²) in [5, 5.41) is 9.18. The van der Waals surface area contributed by atoms with Gasteiger partial charge in [-0.25, -0.2) is 9.78 Å². The molecule has 2 aromatic heterocycles. The van der Waals surface area contributed by atoms with Crippen LogP contribution in [-0.4, -0.2) is 34.2 Å². The van der Waals surface area contributed by atoms with Crippen molar-refractivity contribution in [3.05, 3.63) is 69.3 Å². The first-order chi connectivity index (χ1) is 14.0. The maximum Gasteiger partial charge on any atom is 0.337 e. The van der Waals surface area contributed by atoms with Crippen LogP contribution in [-0.2, 0) is 6.42 Å². The van der Waals surface area contributed by atoms with Gasteiger partial charge in [0.05, 0.1) is 25.0 Å². The van der Waals surface area contributed by atoms with Crippen LogP contribution in [0.5, 0.6) is 11.5 Å². The molecule has 7 nitrogen and oxygen atoms in total. The van der Waals surface area contributed by atoms with Crippen molar-refractivity contribution < 1.29 is 19.4 Å². The van der Waals surface area contributed by atoms with Crippen molar-refractivity contribution in [2.24, 2.45) is 0 Å². The van der Waals surface area contributed by atoms with Gasteiger partial charge in [0.1, 0.15) is 5.65 Å². The zero-order valence-corrected chi connectivity index (χ0v) is 16.1. The van der Waals surface area contributed by atoms with Gasteiger partial charge >= 0.3 is 5.97 Å². The molecule has 0 radical (unpaired) electrons. The molecule has 0 amide bonds. The molecule has 4 rings (SSSR count). The maximum absolute atomic E-state index is 12.9. The van der Waals surface area contributed by atoms with Crippen LogP contribution in [0, 0.1) is 0 Å². The van der Waals surface area contributed by atoms with E-state index in [9.17, 15) is 14.7 Å². The average Bonchev–Trinajstić information content (AvgIpc) is 3.11. The van der Waals surface area contributed by atoms with E-state index in [1.54, 1.807) is 13.2 Å². The first kappa shape index (κ1) is 18.7. The Hall–Kier alpha value is -3.61. The summed E-state index contributed by atoms with van der Waals surface area (Å²) in [7, 11) is 1.60. The number of carboxylic acids is 1. The third-order valence-corrected chi connectivity index (χ3v) is 4.95. The van der Waals surface area contributed by atoms with Crippen molar-refractivity contribution in [3.8, 4) is 11.5 Å². The first-order valence-corrected chi connectivity index (χ1v) is 9.32. The molecular formula is C22H20N2O5. The number of rotatable bonds is 5. The fourth-order valence-corrected chi connectivity index (χ4v) is 3.63. The third kappa shape index (κ3) is 3.24. The van der Waals surface area contributed by atoms with Gasteiger partial charge < -0.3 is 14.6 Å². The first-order valence-electron chi connectivity index (χ1n) is 9.32. The molecule has 1 aliphatic carbocycles. The number of pyridine rings is 1. The number of nitrogens with zero attached hydrogens (tertiary/aromatic N) is 2. The van der Waals surface area contributed by atoms with Gasteiger partial charge in [-0.05, 0) is 49.6 Å². The van der Waals surface area contributed by atoms with Gasteiger partial charge in [0.2, 0.25) is 0 Å². The molecule has 0 aliphatic heterocycles. The molecule has 29 heavy (non-hydrogen) atoms. The number of aromatic nitrogens is 2. The topological polar surface area (TPSA) is 90.1 Å². The van der Waals surface area contributed by atoms with Gasteiger partial charge in [-0.3, -0.25) is 9.20 Å². The molecule has 0 fully saturated rings. The summed E-state index contributed by atoms with van der Waals surface area (Å²) < 4.78 is 12.5. The summed E-state index contributed by atoms with van der Waals surface area (Å²) in [5.74, 6) is 0.218. The van der Waals surface area contributed by atoms with E-state index in [-0.39, 0.29) is 11.1 Å². The largest absolute Gasteiger partial charge is 0.492 e. The summed E-state index contributed by atoms with van der Waals surface area (Å²) in [5.41, 5.74) is 3.28. The number of carbonyl (C=O) groups is 1. The number of aromatic carboxylic acids is 1. The van der Waals surface area contributed by atoms with Crippen molar-refractivity contribution in [3.63, 3.8) is 0 Å². The van der Waals surface area contributed by atoms with E-state index in [0.717, 1.165) is 11.1 Å².